The van der Waals surface area contributed by atoms with Gasteiger partial charge in [-0.3, -0.25) is 0 Å². The molecular weight excluding hydrogens is 272 g/mol. The highest BCUT2D eigenvalue weighted by atomic mass is 32.2. The SMILES string of the molecule is CC(CS(=O)(=O)N1CCCCC1CN)c1ccccc1. The predicted octanol–water partition coefficient (Wildman–Crippen LogP) is 1.93. The summed E-state index contributed by atoms with van der Waals surface area (Å²) >= 11 is 0. The van der Waals surface area contributed by atoms with Crippen molar-refractivity contribution in [2.75, 3.05) is 18.8 Å². The molecule has 0 spiro atoms. The molecule has 2 unspecified atom stereocenters. The zero-order valence-electron chi connectivity index (χ0n) is 12.0. The van der Waals surface area contributed by atoms with Crippen molar-refractivity contribution in [1.29, 1.82) is 0 Å². The number of nitrogens with two attached hydrogens (primary N) is 1. The summed E-state index contributed by atoms with van der Waals surface area (Å²) in [6, 6.07) is 9.79. The molecule has 112 valence electrons. The number of piperidine rings is 1. The van der Waals surface area contributed by atoms with E-state index < -0.39 is 10.0 Å². The number of sulfonamides is 1. The fourth-order valence-electron chi connectivity index (χ4n) is 2.87. The standard InChI is InChI=1S/C15H24N2O2S/c1-13(14-7-3-2-4-8-14)12-20(18,19)17-10-6-5-9-15(17)11-16/h2-4,7-8,13,15H,5-6,9-12,16H2,1H3. The van der Waals surface area contributed by atoms with Crippen LogP contribution in [0, 0.1) is 0 Å². The molecule has 0 radical (unpaired) electrons. The molecule has 0 aromatic heterocycles. The molecule has 0 bridgehead atoms. The second kappa shape index (κ2) is 6.70. The molecule has 1 aromatic rings. The zero-order chi connectivity index (χ0) is 14.6. The number of benzene rings is 1. The van der Waals surface area contributed by atoms with Gasteiger partial charge < -0.3 is 5.73 Å². The van der Waals surface area contributed by atoms with Crippen LogP contribution in [-0.2, 0) is 10.0 Å². The Morgan fingerprint density at radius 3 is 2.65 bits per heavy atom. The van der Waals surface area contributed by atoms with Crippen molar-refractivity contribution in [3.05, 3.63) is 35.9 Å². The van der Waals surface area contributed by atoms with Gasteiger partial charge in [-0.25, -0.2) is 8.42 Å². The summed E-state index contributed by atoms with van der Waals surface area (Å²) in [5.41, 5.74) is 6.79. The van der Waals surface area contributed by atoms with Crippen LogP contribution in [0.15, 0.2) is 30.3 Å². The lowest BCUT2D eigenvalue weighted by molar-refractivity contribution is 0.257. The first-order valence-electron chi connectivity index (χ1n) is 7.29. The van der Waals surface area contributed by atoms with Gasteiger partial charge in [0.15, 0.2) is 0 Å². The average Bonchev–Trinajstić information content (AvgIpc) is 2.47. The van der Waals surface area contributed by atoms with E-state index >= 15 is 0 Å². The number of hydrogen-bond acceptors (Lipinski definition) is 3. The molecule has 1 heterocycles. The molecule has 20 heavy (non-hydrogen) atoms. The maximum Gasteiger partial charge on any atom is 0.214 e. The Morgan fingerprint density at radius 2 is 2.00 bits per heavy atom. The van der Waals surface area contributed by atoms with Gasteiger partial charge in [-0.1, -0.05) is 43.7 Å². The van der Waals surface area contributed by atoms with E-state index in [1.807, 2.05) is 37.3 Å². The Bertz CT molecular complexity index is 516. The van der Waals surface area contributed by atoms with E-state index in [2.05, 4.69) is 0 Å². The van der Waals surface area contributed by atoms with Gasteiger partial charge in [-0.05, 0) is 24.3 Å². The smallest absolute Gasteiger partial charge is 0.214 e. The van der Waals surface area contributed by atoms with Crippen molar-refractivity contribution in [1.82, 2.24) is 4.31 Å². The van der Waals surface area contributed by atoms with Crippen molar-refractivity contribution in [3.8, 4) is 0 Å². The molecule has 0 amide bonds. The average molecular weight is 296 g/mol. The lowest BCUT2D eigenvalue weighted by Crippen LogP contribution is -2.48. The largest absolute Gasteiger partial charge is 0.329 e. The van der Waals surface area contributed by atoms with Gasteiger partial charge in [-0.15, -0.1) is 0 Å². The maximum atomic E-state index is 12.6. The number of nitrogens with zero attached hydrogens (tertiary/aromatic N) is 1. The summed E-state index contributed by atoms with van der Waals surface area (Å²) in [5.74, 6) is 0.162. The molecule has 1 aliphatic heterocycles. The topological polar surface area (TPSA) is 63.4 Å². The third-order valence-corrected chi connectivity index (χ3v) is 6.15. The van der Waals surface area contributed by atoms with Crippen LogP contribution >= 0.6 is 0 Å². The van der Waals surface area contributed by atoms with E-state index in [0.29, 0.717) is 13.1 Å². The molecule has 2 rings (SSSR count). The van der Waals surface area contributed by atoms with E-state index in [1.54, 1.807) is 4.31 Å². The first kappa shape index (κ1) is 15.5. The Balaban J connectivity index is 2.10. The first-order chi connectivity index (χ1) is 9.54. The van der Waals surface area contributed by atoms with Crippen LogP contribution < -0.4 is 5.73 Å². The van der Waals surface area contributed by atoms with E-state index in [1.165, 1.54) is 0 Å². The third kappa shape index (κ3) is 3.59. The molecule has 4 nitrogen and oxygen atoms in total. The Morgan fingerprint density at radius 1 is 1.30 bits per heavy atom. The molecular formula is C15H24N2O2S. The monoisotopic (exact) mass is 296 g/mol. The minimum atomic E-state index is -3.24. The summed E-state index contributed by atoms with van der Waals surface area (Å²) in [7, 11) is -3.24. The summed E-state index contributed by atoms with van der Waals surface area (Å²) in [5, 5.41) is 0. The number of hydrogen-bond donors (Lipinski definition) is 1. The zero-order valence-corrected chi connectivity index (χ0v) is 12.8. The lowest BCUT2D eigenvalue weighted by atomic mass is 10.0. The summed E-state index contributed by atoms with van der Waals surface area (Å²) < 4.78 is 26.9. The van der Waals surface area contributed by atoms with Gasteiger partial charge in [0.1, 0.15) is 0 Å². The van der Waals surface area contributed by atoms with E-state index in [4.69, 9.17) is 5.73 Å². The molecule has 1 fully saturated rings. The van der Waals surface area contributed by atoms with Crippen LogP contribution in [0.1, 0.15) is 37.7 Å². The molecule has 0 aliphatic carbocycles. The van der Waals surface area contributed by atoms with Crippen molar-refractivity contribution < 1.29 is 8.42 Å². The Labute approximate surface area is 122 Å². The van der Waals surface area contributed by atoms with Crippen LogP contribution in [-0.4, -0.2) is 37.6 Å². The lowest BCUT2D eigenvalue weighted by Gasteiger charge is -2.34. The van der Waals surface area contributed by atoms with Gasteiger partial charge in [0, 0.05) is 19.1 Å². The van der Waals surface area contributed by atoms with E-state index in [9.17, 15) is 8.42 Å². The molecule has 0 saturated carbocycles. The molecule has 1 aliphatic rings. The van der Waals surface area contributed by atoms with Gasteiger partial charge >= 0.3 is 0 Å². The Kier molecular flexibility index (Phi) is 5.18. The van der Waals surface area contributed by atoms with Crippen LogP contribution in [0.25, 0.3) is 0 Å². The number of rotatable bonds is 5. The normalized spacial score (nSPS) is 22.6. The summed E-state index contributed by atoms with van der Waals surface area (Å²) in [6.07, 6.45) is 2.90. The van der Waals surface area contributed by atoms with Gasteiger partial charge in [0.05, 0.1) is 5.75 Å². The van der Waals surface area contributed by atoms with Gasteiger partial charge in [-0.2, -0.15) is 4.31 Å². The third-order valence-electron chi connectivity index (χ3n) is 4.03. The van der Waals surface area contributed by atoms with E-state index in [0.717, 1.165) is 24.8 Å². The van der Waals surface area contributed by atoms with E-state index in [-0.39, 0.29) is 17.7 Å². The highest BCUT2D eigenvalue weighted by Crippen LogP contribution is 2.24. The highest BCUT2D eigenvalue weighted by molar-refractivity contribution is 7.89. The predicted molar refractivity (Wildman–Crippen MR) is 82.0 cm³/mol. The van der Waals surface area contributed by atoms with Crippen LogP contribution in [0.5, 0.6) is 0 Å². The second-order valence-corrected chi connectivity index (χ2v) is 7.55. The van der Waals surface area contributed by atoms with Gasteiger partial charge in [0.2, 0.25) is 10.0 Å². The summed E-state index contributed by atoms with van der Waals surface area (Å²) in [6.45, 7) is 3.00. The first-order valence-corrected chi connectivity index (χ1v) is 8.90. The molecule has 5 heteroatoms. The van der Waals surface area contributed by atoms with Crippen LogP contribution in [0.2, 0.25) is 0 Å². The fraction of sp³-hybridized carbons (Fsp3) is 0.600. The van der Waals surface area contributed by atoms with Gasteiger partial charge in [0.25, 0.3) is 0 Å². The molecule has 2 N–H and O–H groups in total. The highest BCUT2D eigenvalue weighted by Gasteiger charge is 2.32. The Hall–Kier alpha value is -0.910. The fourth-order valence-corrected chi connectivity index (χ4v) is 4.93. The summed E-state index contributed by atoms with van der Waals surface area (Å²) in [4.78, 5) is 0. The van der Waals surface area contributed by atoms with Crippen molar-refractivity contribution >= 4 is 10.0 Å². The van der Waals surface area contributed by atoms with Crippen molar-refractivity contribution in [2.45, 2.75) is 38.1 Å². The van der Waals surface area contributed by atoms with Crippen LogP contribution in [0.3, 0.4) is 0 Å². The minimum Gasteiger partial charge on any atom is -0.329 e. The maximum absolute atomic E-state index is 12.6. The van der Waals surface area contributed by atoms with Crippen molar-refractivity contribution in [3.63, 3.8) is 0 Å². The molecule has 1 saturated heterocycles. The second-order valence-electron chi connectivity index (χ2n) is 5.59. The molecule has 1 aromatic carbocycles. The molecule has 2 atom stereocenters. The minimum absolute atomic E-state index is 0.00144. The van der Waals surface area contributed by atoms with Crippen LogP contribution in [0.4, 0.5) is 0 Å². The van der Waals surface area contributed by atoms with Crippen molar-refractivity contribution in [2.24, 2.45) is 5.73 Å². The quantitative estimate of drug-likeness (QED) is 0.903.